The molecule has 4 aromatic carbocycles. The molecule has 1 aliphatic carbocycles. The third-order valence-corrected chi connectivity index (χ3v) is 7.46. The fourth-order valence-corrected chi connectivity index (χ4v) is 5.10. The number of hydrogen-bond acceptors (Lipinski definition) is 6. The van der Waals surface area contributed by atoms with Crippen LogP contribution in [0.3, 0.4) is 0 Å². The first kappa shape index (κ1) is 26.3. The third-order valence-electron chi connectivity index (χ3n) is 7.46. The first-order chi connectivity index (χ1) is 20.1. The van der Waals surface area contributed by atoms with Gasteiger partial charge in [0.2, 0.25) is 0 Å². The molecular weight excluding hydrogens is 512 g/mol. The van der Waals surface area contributed by atoms with Crippen molar-refractivity contribution in [3.63, 3.8) is 0 Å². The van der Waals surface area contributed by atoms with E-state index in [-0.39, 0.29) is 5.91 Å². The first-order valence-electron chi connectivity index (χ1n) is 13.8. The van der Waals surface area contributed by atoms with E-state index >= 15 is 0 Å². The summed E-state index contributed by atoms with van der Waals surface area (Å²) < 4.78 is 10.9. The minimum atomic E-state index is 0.0885. The maximum absolute atomic E-state index is 13.3. The topological polar surface area (TPSA) is 76.6 Å². The summed E-state index contributed by atoms with van der Waals surface area (Å²) in [5, 5.41) is 4.40. The van der Waals surface area contributed by atoms with E-state index in [4.69, 9.17) is 9.47 Å². The number of anilines is 1. The summed E-state index contributed by atoms with van der Waals surface area (Å²) in [6.45, 7) is 1.12. The molecule has 1 aliphatic rings. The van der Waals surface area contributed by atoms with Gasteiger partial charge in [0, 0.05) is 41.7 Å². The highest BCUT2D eigenvalue weighted by Crippen LogP contribution is 2.32. The Bertz CT molecular complexity index is 1680. The molecular formula is C34H32N4O3. The molecule has 0 atom stereocenters. The minimum absolute atomic E-state index is 0.0885. The maximum Gasteiger partial charge on any atom is 0.254 e. The molecule has 206 valence electrons. The summed E-state index contributed by atoms with van der Waals surface area (Å²) >= 11 is 0. The number of rotatable bonds is 10. The Kier molecular flexibility index (Phi) is 7.50. The van der Waals surface area contributed by atoms with Crippen LogP contribution in [0.15, 0.2) is 97.3 Å². The fourth-order valence-electron chi connectivity index (χ4n) is 5.10. The molecule has 0 bridgehead atoms. The van der Waals surface area contributed by atoms with E-state index in [9.17, 15) is 4.79 Å². The van der Waals surface area contributed by atoms with E-state index in [2.05, 4.69) is 51.7 Å². The highest BCUT2D eigenvalue weighted by Gasteiger charge is 2.33. The molecule has 0 unspecified atom stereocenters. The molecule has 6 rings (SSSR count). The number of benzene rings is 4. The summed E-state index contributed by atoms with van der Waals surface area (Å²) in [5.74, 6) is 2.33. The van der Waals surface area contributed by atoms with Crippen LogP contribution in [0.2, 0.25) is 0 Å². The highest BCUT2D eigenvalue weighted by molar-refractivity contribution is 5.95. The van der Waals surface area contributed by atoms with E-state index in [1.165, 1.54) is 0 Å². The molecule has 1 N–H and O–H groups in total. The molecule has 7 nitrogen and oxygen atoms in total. The number of carbonyl (C=O) groups excluding carboxylic acids is 1. The average Bonchev–Trinajstić information content (AvgIpc) is 3.88. The number of ether oxygens (including phenoxy) is 2. The van der Waals surface area contributed by atoms with Gasteiger partial charge in [-0.15, -0.1) is 0 Å². The molecule has 1 heterocycles. The molecule has 1 aromatic heterocycles. The Morgan fingerprint density at radius 3 is 2.49 bits per heavy atom. The number of hydrogen-bond donors (Lipinski definition) is 1. The first-order valence-corrected chi connectivity index (χ1v) is 13.8. The highest BCUT2D eigenvalue weighted by atomic mass is 16.5. The lowest BCUT2D eigenvalue weighted by Gasteiger charge is -2.23. The number of amides is 1. The number of fused-ring (bicyclic) bond motifs is 1. The quantitative estimate of drug-likeness (QED) is 0.210. The summed E-state index contributed by atoms with van der Waals surface area (Å²) in [6.07, 6.45) is 3.69. The van der Waals surface area contributed by atoms with Crippen molar-refractivity contribution < 1.29 is 14.3 Å². The number of nitrogens with one attached hydrogen (secondary N) is 1. The Hall–Kier alpha value is -4.91. The van der Waals surface area contributed by atoms with Crippen LogP contribution in [-0.4, -0.2) is 41.0 Å². The predicted molar refractivity (Wildman–Crippen MR) is 161 cm³/mol. The van der Waals surface area contributed by atoms with Gasteiger partial charge in [0.05, 0.1) is 19.7 Å². The van der Waals surface area contributed by atoms with Gasteiger partial charge in [0.25, 0.3) is 5.91 Å². The lowest BCUT2D eigenvalue weighted by Crippen LogP contribution is -2.32. The molecule has 1 amide bonds. The summed E-state index contributed by atoms with van der Waals surface area (Å²) in [6, 6.07) is 30.3. The zero-order valence-corrected chi connectivity index (χ0v) is 23.2. The van der Waals surface area contributed by atoms with Gasteiger partial charge in [-0.3, -0.25) is 4.79 Å². The molecule has 1 fully saturated rings. The van der Waals surface area contributed by atoms with Crippen LogP contribution in [0.25, 0.3) is 22.0 Å². The lowest BCUT2D eigenvalue weighted by molar-refractivity contribution is 0.0730. The number of carbonyl (C=O) groups is 1. The van der Waals surface area contributed by atoms with Crippen LogP contribution in [0.1, 0.15) is 34.3 Å². The van der Waals surface area contributed by atoms with Crippen LogP contribution < -0.4 is 14.8 Å². The lowest BCUT2D eigenvalue weighted by atomic mass is 10.0. The van der Waals surface area contributed by atoms with Crippen molar-refractivity contribution >= 4 is 22.6 Å². The van der Waals surface area contributed by atoms with Gasteiger partial charge in [-0.25, -0.2) is 9.97 Å². The second-order valence-corrected chi connectivity index (χ2v) is 10.2. The molecule has 41 heavy (non-hydrogen) atoms. The number of nitrogens with zero attached hydrogens (tertiary/aromatic N) is 3. The van der Waals surface area contributed by atoms with Crippen molar-refractivity contribution in [3.05, 3.63) is 114 Å². The standard InChI is InChI=1S/C34H32N4O3/c1-40-29-15-11-27(32(19-29)41-2)20-35-33-30-18-26(12-16-31(30)36-22-37-33)25-10-6-7-23(17-25)21-38(28-13-14-28)34(39)24-8-4-3-5-9-24/h3-12,15-19,22,28H,13-14,20-21H2,1-2H3,(H,35,36,37). The Balaban J connectivity index is 1.25. The third kappa shape index (κ3) is 5.84. The number of methoxy groups -OCH3 is 2. The molecule has 5 aromatic rings. The monoisotopic (exact) mass is 544 g/mol. The fraction of sp³-hybridized carbons (Fsp3) is 0.206. The second-order valence-electron chi connectivity index (χ2n) is 10.2. The molecule has 0 spiro atoms. The average molecular weight is 545 g/mol. The van der Waals surface area contributed by atoms with Gasteiger partial charge < -0.3 is 19.7 Å². The SMILES string of the molecule is COc1ccc(CNc2ncnc3ccc(-c4cccc(CN(C(=O)c5ccccc5)C5CC5)c4)cc23)c(OC)c1. The van der Waals surface area contributed by atoms with Crippen LogP contribution in [0.4, 0.5) is 5.82 Å². The summed E-state index contributed by atoms with van der Waals surface area (Å²) in [7, 11) is 3.29. The van der Waals surface area contributed by atoms with Gasteiger partial charge in [-0.05, 0) is 72.0 Å². The van der Waals surface area contributed by atoms with E-state index < -0.39 is 0 Å². The normalized spacial score (nSPS) is 12.6. The Labute approximate surface area is 239 Å². The predicted octanol–water partition coefficient (Wildman–Crippen LogP) is 6.73. The van der Waals surface area contributed by atoms with Crippen molar-refractivity contribution in [3.8, 4) is 22.6 Å². The van der Waals surface area contributed by atoms with E-state index in [0.717, 1.165) is 68.9 Å². The van der Waals surface area contributed by atoms with Crippen molar-refractivity contribution in [1.82, 2.24) is 14.9 Å². The minimum Gasteiger partial charge on any atom is -0.497 e. The molecule has 0 radical (unpaired) electrons. The van der Waals surface area contributed by atoms with Gasteiger partial charge in [-0.2, -0.15) is 0 Å². The summed E-state index contributed by atoms with van der Waals surface area (Å²) in [4.78, 5) is 24.3. The summed E-state index contributed by atoms with van der Waals surface area (Å²) in [5.41, 5.74) is 5.84. The van der Waals surface area contributed by atoms with Crippen LogP contribution in [0.5, 0.6) is 11.5 Å². The Morgan fingerprint density at radius 1 is 0.878 bits per heavy atom. The van der Waals surface area contributed by atoms with E-state index in [0.29, 0.717) is 19.1 Å². The van der Waals surface area contributed by atoms with Crippen molar-refractivity contribution in [2.45, 2.75) is 32.0 Å². The van der Waals surface area contributed by atoms with Crippen LogP contribution >= 0.6 is 0 Å². The zero-order chi connectivity index (χ0) is 28.2. The largest absolute Gasteiger partial charge is 0.497 e. The zero-order valence-electron chi connectivity index (χ0n) is 23.2. The van der Waals surface area contributed by atoms with E-state index in [1.54, 1.807) is 20.5 Å². The van der Waals surface area contributed by atoms with Crippen LogP contribution in [0, 0.1) is 0 Å². The molecule has 0 aliphatic heterocycles. The van der Waals surface area contributed by atoms with Crippen molar-refractivity contribution in [1.29, 1.82) is 0 Å². The van der Waals surface area contributed by atoms with E-state index in [1.807, 2.05) is 59.5 Å². The number of aromatic nitrogens is 2. The molecule has 1 saturated carbocycles. The van der Waals surface area contributed by atoms with Gasteiger partial charge in [0.1, 0.15) is 23.6 Å². The molecule has 7 heteroatoms. The van der Waals surface area contributed by atoms with Gasteiger partial charge >= 0.3 is 0 Å². The Morgan fingerprint density at radius 2 is 1.71 bits per heavy atom. The maximum atomic E-state index is 13.3. The molecule has 0 saturated heterocycles. The van der Waals surface area contributed by atoms with Crippen LogP contribution in [-0.2, 0) is 13.1 Å². The van der Waals surface area contributed by atoms with Gasteiger partial charge in [0.15, 0.2) is 0 Å². The van der Waals surface area contributed by atoms with Crippen molar-refractivity contribution in [2.75, 3.05) is 19.5 Å². The smallest absolute Gasteiger partial charge is 0.254 e. The van der Waals surface area contributed by atoms with Gasteiger partial charge in [-0.1, -0.05) is 42.5 Å². The second kappa shape index (κ2) is 11.7. The van der Waals surface area contributed by atoms with Crippen molar-refractivity contribution in [2.24, 2.45) is 0 Å².